The van der Waals surface area contributed by atoms with E-state index in [1.807, 2.05) is 0 Å². The van der Waals surface area contributed by atoms with Gasteiger partial charge in [-0.05, 0) is 6.92 Å². The van der Waals surface area contributed by atoms with Crippen molar-refractivity contribution in [2.45, 2.75) is 38.5 Å². The van der Waals surface area contributed by atoms with Gasteiger partial charge in [-0.25, -0.2) is 0 Å². The second kappa shape index (κ2) is 4.75. The largest absolute Gasteiger partial charge is 1.00 e. The monoisotopic (exact) mass is 288 g/mol. The van der Waals surface area contributed by atoms with Crippen molar-refractivity contribution >= 4 is 17.8 Å². The number of nitrogens with zero attached hydrogens (tertiary/aromatic N) is 2. The molecule has 0 aromatic carbocycles. The normalized spacial score (nSPS) is 30.5. The number of esters is 1. The summed E-state index contributed by atoms with van der Waals surface area (Å²) < 4.78 is 5.16. The van der Waals surface area contributed by atoms with Crippen molar-refractivity contribution in [3.8, 4) is 0 Å². The number of β-lactam (4-membered cyclic amide) rings is 1. The summed E-state index contributed by atoms with van der Waals surface area (Å²) in [4.78, 5) is 36.7. The molecule has 1 amide bonds. The molecule has 102 valence electrons. The molecule has 20 heavy (non-hydrogen) atoms. The standard InChI is InChI=1S/C12H14N2O5.Na/c1-6(15)19-12(2)5-13(12)8-3-7-4-9(16)14(7)10(8)11(17)18;/h7H,3-5H2,1-2H3,(H,17,18);/q;+1/p-1/t7-,12?,13?;/m1./s1. The van der Waals surface area contributed by atoms with Crippen molar-refractivity contribution in [2.75, 3.05) is 6.54 Å². The summed E-state index contributed by atoms with van der Waals surface area (Å²) in [5.74, 6) is -1.98. The molecule has 0 aromatic rings. The Labute approximate surface area is 137 Å². The van der Waals surface area contributed by atoms with Crippen LogP contribution >= 0.6 is 0 Å². The fraction of sp³-hybridized carbons (Fsp3) is 0.583. The minimum atomic E-state index is -1.36. The molecule has 0 aromatic heterocycles. The number of aliphatic carboxylic acids is 1. The molecule has 3 heterocycles. The second-order valence-corrected chi connectivity index (χ2v) is 5.26. The van der Waals surface area contributed by atoms with E-state index in [9.17, 15) is 19.5 Å². The Hall–Kier alpha value is -1.05. The number of carboxylic acid groups (broad SMARTS) is 1. The molecule has 8 heteroatoms. The molecule has 0 bridgehead atoms. The summed E-state index contributed by atoms with van der Waals surface area (Å²) in [5.41, 5.74) is -0.341. The van der Waals surface area contributed by atoms with Gasteiger partial charge in [-0.15, -0.1) is 0 Å². The molecule has 0 aliphatic carbocycles. The molecule has 0 saturated carbocycles. The molecule has 3 rings (SSSR count). The van der Waals surface area contributed by atoms with E-state index in [-0.39, 0.29) is 47.2 Å². The fourth-order valence-corrected chi connectivity index (χ4v) is 2.90. The van der Waals surface area contributed by atoms with Crippen LogP contribution in [0.3, 0.4) is 0 Å². The zero-order valence-electron chi connectivity index (χ0n) is 11.6. The Morgan fingerprint density at radius 2 is 2.05 bits per heavy atom. The molecule has 2 fully saturated rings. The summed E-state index contributed by atoms with van der Waals surface area (Å²) in [6, 6.07) is -0.0856. The Bertz CT molecular complexity index is 546. The molecule has 2 atom stereocenters. The van der Waals surface area contributed by atoms with Crippen LogP contribution in [0.2, 0.25) is 0 Å². The molecule has 1 unspecified atom stereocenters. The van der Waals surface area contributed by atoms with Crippen LogP contribution in [-0.4, -0.2) is 46.0 Å². The van der Waals surface area contributed by atoms with Crippen LogP contribution in [0.5, 0.6) is 0 Å². The van der Waals surface area contributed by atoms with Crippen LogP contribution in [0, 0.1) is 0 Å². The first-order valence-electron chi connectivity index (χ1n) is 6.07. The fourth-order valence-electron chi connectivity index (χ4n) is 2.90. The van der Waals surface area contributed by atoms with E-state index in [4.69, 9.17) is 4.74 Å². The Balaban J connectivity index is 0.00000147. The van der Waals surface area contributed by atoms with E-state index in [2.05, 4.69) is 0 Å². The smallest absolute Gasteiger partial charge is 0.543 e. The number of fused-ring (bicyclic) bond motifs is 1. The maximum absolute atomic E-state index is 11.5. The first-order valence-corrected chi connectivity index (χ1v) is 6.07. The number of ether oxygens (including phenoxy) is 1. The molecule has 3 aliphatic rings. The summed E-state index contributed by atoms with van der Waals surface area (Å²) in [7, 11) is 0. The van der Waals surface area contributed by atoms with Crippen LogP contribution in [0.25, 0.3) is 0 Å². The maximum Gasteiger partial charge on any atom is 1.00 e. The number of hydrogen-bond acceptors (Lipinski definition) is 6. The third-order valence-electron chi connectivity index (χ3n) is 3.79. The quantitative estimate of drug-likeness (QED) is 0.225. The van der Waals surface area contributed by atoms with Crippen LogP contribution in [0.15, 0.2) is 11.4 Å². The van der Waals surface area contributed by atoms with Crippen molar-refractivity contribution in [1.82, 2.24) is 9.80 Å². The molecule has 2 saturated heterocycles. The van der Waals surface area contributed by atoms with Crippen molar-refractivity contribution in [3.05, 3.63) is 11.4 Å². The predicted molar refractivity (Wildman–Crippen MR) is 58.8 cm³/mol. The van der Waals surface area contributed by atoms with Crippen molar-refractivity contribution < 1.29 is 53.8 Å². The Kier molecular flexibility index (Phi) is 3.64. The van der Waals surface area contributed by atoms with Gasteiger partial charge in [0.1, 0.15) is 0 Å². The van der Waals surface area contributed by atoms with Crippen LogP contribution in [0.4, 0.5) is 0 Å². The van der Waals surface area contributed by atoms with E-state index < -0.39 is 17.7 Å². The average molecular weight is 288 g/mol. The molecule has 0 radical (unpaired) electrons. The first-order chi connectivity index (χ1) is 8.83. The molecule has 7 nitrogen and oxygen atoms in total. The SMILES string of the molecule is CC(=O)OC1(C)CN1C1=C(C(=O)[O-])N2C(=O)C[C@H]2C1.[Na+]. The third kappa shape index (κ3) is 2.13. The Morgan fingerprint density at radius 3 is 2.55 bits per heavy atom. The minimum Gasteiger partial charge on any atom is -0.543 e. The van der Waals surface area contributed by atoms with Gasteiger partial charge in [-0.2, -0.15) is 0 Å². The summed E-state index contributed by atoms with van der Waals surface area (Å²) in [6.45, 7) is 3.46. The Morgan fingerprint density at radius 1 is 1.40 bits per heavy atom. The van der Waals surface area contributed by atoms with E-state index in [0.717, 1.165) is 0 Å². The topological polar surface area (TPSA) is 89.8 Å². The average Bonchev–Trinajstić information content (AvgIpc) is 2.80. The van der Waals surface area contributed by atoms with Crippen LogP contribution in [-0.2, 0) is 19.1 Å². The van der Waals surface area contributed by atoms with Crippen LogP contribution < -0.4 is 34.7 Å². The van der Waals surface area contributed by atoms with E-state index >= 15 is 0 Å². The molecule has 0 N–H and O–H groups in total. The van der Waals surface area contributed by atoms with Crippen LogP contribution in [0.1, 0.15) is 26.7 Å². The summed E-state index contributed by atoms with van der Waals surface area (Å²) in [6.07, 6.45) is 0.838. The van der Waals surface area contributed by atoms with Gasteiger partial charge in [0.2, 0.25) is 11.6 Å². The van der Waals surface area contributed by atoms with Gasteiger partial charge in [0.05, 0.1) is 24.3 Å². The van der Waals surface area contributed by atoms with E-state index in [1.165, 1.54) is 11.8 Å². The van der Waals surface area contributed by atoms with E-state index in [1.54, 1.807) is 11.8 Å². The summed E-state index contributed by atoms with van der Waals surface area (Å²) >= 11 is 0. The van der Waals surface area contributed by atoms with Gasteiger partial charge >= 0.3 is 35.5 Å². The third-order valence-corrected chi connectivity index (χ3v) is 3.79. The second-order valence-electron chi connectivity index (χ2n) is 5.26. The molecular formula is C12H13N2NaO5. The van der Waals surface area contributed by atoms with Crippen molar-refractivity contribution in [1.29, 1.82) is 0 Å². The van der Waals surface area contributed by atoms with Gasteiger partial charge in [0, 0.05) is 25.5 Å². The van der Waals surface area contributed by atoms with Gasteiger partial charge in [-0.3, -0.25) is 9.59 Å². The first kappa shape index (κ1) is 15.3. The number of hydrogen-bond donors (Lipinski definition) is 0. The van der Waals surface area contributed by atoms with Gasteiger partial charge in [0.15, 0.2) is 0 Å². The number of carbonyl (C=O) groups excluding carboxylic acids is 3. The number of rotatable bonds is 3. The van der Waals surface area contributed by atoms with Crippen molar-refractivity contribution in [2.24, 2.45) is 0 Å². The minimum absolute atomic E-state index is 0. The zero-order chi connectivity index (χ0) is 13.9. The molecule has 0 spiro atoms. The maximum atomic E-state index is 11.5. The molecule has 3 aliphatic heterocycles. The number of carboxylic acids is 1. The number of amides is 1. The molecular weight excluding hydrogens is 275 g/mol. The predicted octanol–water partition coefficient (Wildman–Crippen LogP) is -4.45. The van der Waals surface area contributed by atoms with Gasteiger partial charge < -0.3 is 24.4 Å². The van der Waals surface area contributed by atoms with E-state index in [0.29, 0.717) is 25.1 Å². The number of carbonyl (C=O) groups is 3. The van der Waals surface area contributed by atoms with Gasteiger partial charge in [-0.1, -0.05) is 0 Å². The zero-order valence-corrected chi connectivity index (χ0v) is 13.6. The van der Waals surface area contributed by atoms with Gasteiger partial charge in [0.25, 0.3) is 0 Å². The van der Waals surface area contributed by atoms with Crippen molar-refractivity contribution in [3.63, 3.8) is 0 Å². The summed E-state index contributed by atoms with van der Waals surface area (Å²) in [5, 5.41) is 11.2.